The van der Waals surface area contributed by atoms with Crippen molar-refractivity contribution in [2.45, 2.75) is 5.33 Å². The maximum Gasteiger partial charge on any atom is 0.149 e. The molecule has 0 bridgehead atoms. The molecule has 0 aliphatic rings. The zero-order valence-corrected chi connectivity index (χ0v) is 12.1. The van der Waals surface area contributed by atoms with Gasteiger partial charge in [-0.05, 0) is 39.6 Å². The number of methoxy groups -OCH3 is 1. The van der Waals surface area contributed by atoms with E-state index in [1.807, 2.05) is 0 Å². The Labute approximate surface area is 109 Å². The topological polar surface area (TPSA) is 9.23 Å². The molecule has 0 atom stereocenters. The Morgan fingerprint density at radius 1 is 1.50 bits per heavy atom. The Bertz CT molecular complexity index is 466. The molecule has 1 nitrogen and oxygen atoms in total. The van der Waals surface area contributed by atoms with Gasteiger partial charge in [-0.1, -0.05) is 22.0 Å². The third-order valence-corrected chi connectivity index (χ3v) is 4.57. The Morgan fingerprint density at radius 2 is 2.29 bits per heavy atom. The molecule has 0 saturated heterocycles. The summed E-state index contributed by atoms with van der Waals surface area (Å²) in [5.41, 5.74) is 1.33. The van der Waals surface area contributed by atoms with Crippen molar-refractivity contribution >= 4 is 59.9 Å². The van der Waals surface area contributed by atoms with E-state index in [0.29, 0.717) is 0 Å². The number of fused-ring (bicyclic) bond motifs is 1. The highest BCUT2D eigenvalue weighted by Crippen LogP contribution is 2.37. The van der Waals surface area contributed by atoms with Crippen LogP contribution in [0.2, 0.25) is 0 Å². The summed E-state index contributed by atoms with van der Waals surface area (Å²) < 4.78 is 7.82. The first-order valence-electron chi connectivity index (χ1n) is 4.06. The van der Waals surface area contributed by atoms with E-state index in [0.717, 1.165) is 11.1 Å². The van der Waals surface area contributed by atoms with Gasteiger partial charge in [0.25, 0.3) is 0 Å². The number of hydrogen-bond acceptors (Lipinski definition) is 2. The van der Waals surface area contributed by atoms with E-state index < -0.39 is 0 Å². The van der Waals surface area contributed by atoms with Gasteiger partial charge in [0.15, 0.2) is 0 Å². The van der Waals surface area contributed by atoms with Crippen LogP contribution in [0.1, 0.15) is 5.56 Å². The van der Waals surface area contributed by atoms with Crippen molar-refractivity contribution in [1.82, 2.24) is 0 Å². The second-order valence-corrected chi connectivity index (χ2v) is 5.45. The zero-order valence-electron chi connectivity index (χ0n) is 7.51. The molecule has 74 valence electrons. The third kappa shape index (κ3) is 1.67. The van der Waals surface area contributed by atoms with Gasteiger partial charge in [-0.3, -0.25) is 0 Å². The number of hydrogen-bond donors (Lipinski definition) is 0. The first-order chi connectivity index (χ1) is 6.77. The predicted octanol–water partition coefficient (Wildman–Crippen LogP) is 4.41. The molecule has 4 heteroatoms. The van der Waals surface area contributed by atoms with E-state index in [1.165, 1.54) is 19.2 Å². The summed E-state index contributed by atoms with van der Waals surface area (Å²) in [6.07, 6.45) is 0. The number of benzene rings is 1. The van der Waals surface area contributed by atoms with Gasteiger partial charge in [0.1, 0.15) is 5.75 Å². The lowest BCUT2D eigenvalue weighted by Gasteiger charge is -2.04. The lowest BCUT2D eigenvalue weighted by atomic mass is 10.2. The average molecular weight is 383 g/mol. The first-order valence-corrected chi connectivity index (χ1v) is 7.14. The van der Waals surface area contributed by atoms with Gasteiger partial charge in [0, 0.05) is 10.7 Å². The molecule has 0 aliphatic heterocycles. The summed E-state index contributed by atoms with van der Waals surface area (Å²) in [4.78, 5) is 0. The number of ether oxygens (including phenoxy) is 1. The molecule has 2 rings (SSSR count). The van der Waals surface area contributed by atoms with Crippen LogP contribution in [0, 0.1) is 3.57 Å². The highest BCUT2D eigenvalue weighted by atomic mass is 127. The van der Waals surface area contributed by atoms with E-state index in [9.17, 15) is 0 Å². The maximum atomic E-state index is 5.40. The lowest BCUT2D eigenvalue weighted by molar-refractivity contribution is 0.417. The van der Waals surface area contributed by atoms with Crippen molar-refractivity contribution in [1.29, 1.82) is 0 Å². The monoisotopic (exact) mass is 382 g/mol. The molecule has 0 unspecified atom stereocenters. The first kappa shape index (κ1) is 10.7. The normalized spacial score (nSPS) is 10.8. The van der Waals surface area contributed by atoms with Crippen molar-refractivity contribution in [3.8, 4) is 5.75 Å². The predicted molar refractivity (Wildman–Crippen MR) is 73.7 cm³/mol. The molecule has 1 aromatic heterocycles. The quantitative estimate of drug-likeness (QED) is 0.552. The van der Waals surface area contributed by atoms with E-state index in [-0.39, 0.29) is 0 Å². The van der Waals surface area contributed by atoms with Crippen LogP contribution < -0.4 is 4.74 Å². The van der Waals surface area contributed by atoms with Gasteiger partial charge in [0.05, 0.1) is 15.4 Å². The van der Waals surface area contributed by atoms with Crippen LogP contribution in [-0.4, -0.2) is 7.11 Å². The van der Waals surface area contributed by atoms with Crippen LogP contribution in [0.4, 0.5) is 0 Å². The fourth-order valence-corrected chi connectivity index (χ4v) is 4.02. The molecule has 0 N–H and O–H groups in total. The van der Waals surface area contributed by atoms with Crippen LogP contribution in [0.25, 0.3) is 10.1 Å². The molecule has 0 spiro atoms. The van der Waals surface area contributed by atoms with Crippen LogP contribution >= 0.6 is 49.9 Å². The highest BCUT2D eigenvalue weighted by molar-refractivity contribution is 14.1. The largest absolute Gasteiger partial charge is 0.494 e. The van der Waals surface area contributed by atoms with Gasteiger partial charge in [-0.15, -0.1) is 11.3 Å². The fraction of sp³-hybridized carbons (Fsp3) is 0.200. The number of rotatable bonds is 2. The second-order valence-electron chi connectivity index (χ2n) is 2.85. The van der Waals surface area contributed by atoms with Gasteiger partial charge in [0.2, 0.25) is 0 Å². The van der Waals surface area contributed by atoms with E-state index >= 15 is 0 Å². The van der Waals surface area contributed by atoms with Gasteiger partial charge < -0.3 is 4.74 Å². The highest BCUT2D eigenvalue weighted by Gasteiger charge is 2.10. The van der Waals surface area contributed by atoms with E-state index in [2.05, 4.69) is 56.0 Å². The molecular formula is C10H8BrIOS. The number of alkyl halides is 1. The maximum absolute atomic E-state index is 5.40. The molecular weight excluding hydrogens is 375 g/mol. The van der Waals surface area contributed by atoms with Crippen molar-refractivity contribution in [3.63, 3.8) is 0 Å². The van der Waals surface area contributed by atoms with Crippen molar-refractivity contribution in [2.75, 3.05) is 7.11 Å². The molecule has 2 aromatic rings. The van der Waals surface area contributed by atoms with Crippen LogP contribution in [0.15, 0.2) is 17.5 Å². The smallest absolute Gasteiger partial charge is 0.149 e. The molecule has 0 saturated carbocycles. The van der Waals surface area contributed by atoms with E-state index in [4.69, 9.17) is 4.74 Å². The molecule has 14 heavy (non-hydrogen) atoms. The lowest BCUT2D eigenvalue weighted by Crippen LogP contribution is -1.86. The van der Waals surface area contributed by atoms with Crippen LogP contribution in [0.3, 0.4) is 0 Å². The summed E-state index contributed by atoms with van der Waals surface area (Å²) in [6, 6.07) is 4.26. The Kier molecular flexibility index (Phi) is 3.34. The Hall–Kier alpha value is 0.190. The minimum atomic E-state index is 0.900. The van der Waals surface area contributed by atoms with Gasteiger partial charge in [-0.25, -0.2) is 0 Å². The zero-order chi connectivity index (χ0) is 10.1. The van der Waals surface area contributed by atoms with Crippen LogP contribution in [-0.2, 0) is 5.33 Å². The van der Waals surface area contributed by atoms with Crippen LogP contribution in [0.5, 0.6) is 5.75 Å². The second kappa shape index (κ2) is 4.37. The summed E-state index contributed by atoms with van der Waals surface area (Å²) in [6.45, 7) is 0. The molecule has 1 heterocycles. The van der Waals surface area contributed by atoms with Crippen molar-refractivity contribution in [3.05, 3.63) is 26.6 Å². The number of halogens is 2. The summed E-state index contributed by atoms with van der Waals surface area (Å²) in [5.74, 6) is 1.00. The average Bonchev–Trinajstić information content (AvgIpc) is 2.60. The molecule has 0 radical (unpaired) electrons. The standard InChI is InChI=1S/C10H8BrIOS/c1-13-9-8(12)3-2-7-6(4-11)5-14-10(7)9/h2-3,5H,4H2,1H3. The molecule has 0 fully saturated rings. The van der Waals surface area contributed by atoms with Crippen molar-refractivity contribution in [2.24, 2.45) is 0 Å². The minimum Gasteiger partial charge on any atom is -0.494 e. The van der Waals surface area contributed by atoms with Crippen molar-refractivity contribution < 1.29 is 4.74 Å². The fourth-order valence-electron chi connectivity index (χ4n) is 1.40. The summed E-state index contributed by atoms with van der Waals surface area (Å²) in [7, 11) is 1.73. The minimum absolute atomic E-state index is 0.900. The summed E-state index contributed by atoms with van der Waals surface area (Å²) >= 11 is 7.53. The molecule has 0 amide bonds. The molecule has 1 aromatic carbocycles. The number of thiophene rings is 1. The van der Waals surface area contributed by atoms with E-state index in [1.54, 1.807) is 18.4 Å². The third-order valence-electron chi connectivity index (χ3n) is 2.08. The van der Waals surface area contributed by atoms with Gasteiger partial charge >= 0.3 is 0 Å². The molecule has 0 aliphatic carbocycles. The van der Waals surface area contributed by atoms with Gasteiger partial charge in [-0.2, -0.15) is 0 Å². The SMILES string of the molecule is COc1c(I)ccc2c(CBr)csc12. The Morgan fingerprint density at radius 3 is 2.93 bits per heavy atom. The Balaban J connectivity index is 2.76. The summed E-state index contributed by atoms with van der Waals surface area (Å²) in [5, 5.41) is 4.37.